The zero-order chi connectivity index (χ0) is 14.5. The number of ether oxygens (including phenoxy) is 1. The molecular formula is C16H12O4. The molecule has 0 aliphatic rings. The molecule has 0 aliphatic carbocycles. The topological polar surface area (TPSA) is 60.4 Å². The van der Waals surface area contributed by atoms with Crippen LogP contribution in [-0.2, 0) is 9.53 Å². The Morgan fingerprint density at radius 3 is 1.80 bits per heavy atom. The van der Waals surface area contributed by atoms with Gasteiger partial charge in [0.05, 0.1) is 7.11 Å². The van der Waals surface area contributed by atoms with Gasteiger partial charge in [0.1, 0.15) is 0 Å². The highest BCUT2D eigenvalue weighted by molar-refractivity contribution is 6.40. The zero-order valence-electron chi connectivity index (χ0n) is 10.8. The molecule has 0 unspecified atom stereocenters. The molecule has 100 valence electrons. The molecule has 0 aromatic heterocycles. The van der Waals surface area contributed by atoms with E-state index in [1.54, 1.807) is 24.3 Å². The van der Waals surface area contributed by atoms with Crippen molar-refractivity contribution in [3.8, 4) is 0 Å². The molecule has 2 aromatic carbocycles. The lowest BCUT2D eigenvalue weighted by Gasteiger charge is -2.03. The van der Waals surface area contributed by atoms with Gasteiger partial charge < -0.3 is 4.74 Å². The molecule has 0 aliphatic heterocycles. The van der Waals surface area contributed by atoms with Crippen LogP contribution >= 0.6 is 0 Å². The Morgan fingerprint density at radius 2 is 1.25 bits per heavy atom. The molecule has 0 fully saturated rings. The molecule has 0 atom stereocenters. The van der Waals surface area contributed by atoms with Crippen LogP contribution in [0.25, 0.3) is 0 Å². The fraction of sp³-hybridized carbons (Fsp3) is 0.0625. The Labute approximate surface area is 116 Å². The van der Waals surface area contributed by atoms with Crippen LogP contribution in [0.1, 0.15) is 26.3 Å². The molecule has 0 spiro atoms. The predicted octanol–water partition coefficient (Wildman–Crippen LogP) is 2.27. The molecule has 0 saturated carbocycles. The summed E-state index contributed by atoms with van der Waals surface area (Å²) in [6.45, 7) is 0. The van der Waals surface area contributed by atoms with E-state index in [1.165, 1.54) is 24.3 Å². The summed E-state index contributed by atoms with van der Waals surface area (Å²) in [5.41, 5.74) is 1.22. The van der Waals surface area contributed by atoms with Gasteiger partial charge in [-0.1, -0.05) is 54.6 Å². The van der Waals surface area contributed by atoms with Crippen LogP contribution < -0.4 is 0 Å². The van der Waals surface area contributed by atoms with E-state index in [2.05, 4.69) is 4.74 Å². The summed E-state index contributed by atoms with van der Waals surface area (Å²) in [7, 11) is 1.15. The smallest absolute Gasteiger partial charge is 0.379 e. The highest BCUT2D eigenvalue weighted by Crippen LogP contribution is 2.11. The Morgan fingerprint density at radius 1 is 0.750 bits per heavy atom. The largest absolute Gasteiger partial charge is 0.463 e. The van der Waals surface area contributed by atoms with Crippen molar-refractivity contribution in [2.24, 2.45) is 0 Å². The number of esters is 1. The monoisotopic (exact) mass is 268 g/mol. The molecule has 0 saturated heterocycles. The highest BCUT2D eigenvalue weighted by atomic mass is 16.5. The summed E-state index contributed by atoms with van der Waals surface area (Å²) in [6.07, 6.45) is 0. The van der Waals surface area contributed by atoms with Crippen molar-refractivity contribution in [3.63, 3.8) is 0 Å². The average Bonchev–Trinajstić information content (AvgIpc) is 2.53. The van der Waals surface area contributed by atoms with E-state index in [0.717, 1.165) is 7.11 Å². The van der Waals surface area contributed by atoms with E-state index < -0.39 is 11.8 Å². The number of rotatable bonds is 4. The van der Waals surface area contributed by atoms with Crippen molar-refractivity contribution >= 4 is 17.5 Å². The van der Waals surface area contributed by atoms with E-state index in [0.29, 0.717) is 11.1 Å². The first-order valence-corrected chi connectivity index (χ1v) is 5.96. The maximum absolute atomic E-state index is 12.1. The number of carbonyl (C=O) groups is 3. The number of hydrogen-bond donors (Lipinski definition) is 0. The average molecular weight is 268 g/mol. The second kappa shape index (κ2) is 5.93. The Hall–Kier alpha value is -2.75. The van der Waals surface area contributed by atoms with Gasteiger partial charge in [-0.3, -0.25) is 9.59 Å². The first-order chi connectivity index (χ1) is 9.63. The van der Waals surface area contributed by atoms with Crippen molar-refractivity contribution in [2.75, 3.05) is 7.11 Å². The van der Waals surface area contributed by atoms with E-state index in [1.807, 2.05) is 6.07 Å². The van der Waals surface area contributed by atoms with Crippen molar-refractivity contribution in [1.82, 2.24) is 0 Å². The minimum atomic E-state index is -0.924. The molecule has 4 nitrogen and oxygen atoms in total. The van der Waals surface area contributed by atoms with Crippen LogP contribution in [0, 0.1) is 0 Å². The van der Waals surface area contributed by atoms with E-state index in [9.17, 15) is 14.4 Å². The van der Waals surface area contributed by atoms with Crippen LogP contribution in [0.5, 0.6) is 0 Å². The highest BCUT2D eigenvalue weighted by Gasteiger charge is 2.17. The number of ketones is 2. The molecule has 4 heteroatoms. The van der Waals surface area contributed by atoms with Crippen LogP contribution in [0.4, 0.5) is 0 Å². The van der Waals surface area contributed by atoms with Crippen molar-refractivity contribution < 1.29 is 19.1 Å². The van der Waals surface area contributed by atoms with Crippen LogP contribution in [0.15, 0.2) is 54.6 Å². The van der Waals surface area contributed by atoms with Gasteiger partial charge in [0.15, 0.2) is 5.78 Å². The summed E-state index contributed by atoms with van der Waals surface area (Å²) in [6, 6.07) is 14.7. The summed E-state index contributed by atoms with van der Waals surface area (Å²) in [5.74, 6) is -1.79. The van der Waals surface area contributed by atoms with Gasteiger partial charge in [-0.25, -0.2) is 4.79 Å². The summed E-state index contributed by atoms with van der Waals surface area (Å²) >= 11 is 0. The first-order valence-electron chi connectivity index (χ1n) is 5.96. The summed E-state index contributed by atoms with van der Waals surface area (Å²) < 4.78 is 4.36. The van der Waals surface area contributed by atoms with E-state index >= 15 is 0 Å². The molecule has 0 amide bonds. The third kappa shape index (κ3) is 2.80. The van der Waals surface area contributed by atoms with Gasteiger partial charge in [-0.2, -0.15) is 0 Å². The van der Waals surface area contributed by atoms with Crippen molar-refractivity contribution in [1.29, 1.82) is 0 Å². The first kappa shape index (κ1) is 13.7. The van der Waals surface area contributed by atoms with Gasteiger partial charge in [-0.05, 0) is 0 Å². The molecular weight excluding hydrogens is 256 g/mol. The number of benzene rings is 2. The minimum Gasteiger partial charge on any atom is -0.463 e. The van der Waals surface area contributed by atoms with E-state index in [4.69, 9.17) is 0 Å². The minimum absolute atomic E-state index is 0.136. The van der Waals surface area contributed by atoms with Crippen molar-refractivity contribution in [2.45, 2.75) is 0 Å². The second-order valence-corrected chi connectivity index (χ2v) is 4.09. The molecule has 2 aromatic rings. The summed E-state index contributed by atoms with van der Waals surface area (Å²) in [4.78, 5) is 34.8. The number of methoxy groups -OCH3 is 1. The van der Waals surface area contributed by atoms with Gasteiger partial charge in [0.25, 0.3) is 5.78 Å². The lowest BCUT2D eigenvalue weighted by atomic mass is 10.0. The zero-order valence-corrected chi connectivity index (χ0v) is 10.8. The summed E-state index contributed by atoms with van der Waals surface area (Å²) in [5, 5.41) is 0. The lowest BCUT2D eigenvalue weighted by Crippen LogP contribution is -2.15. The maximum Gasteiger partial charge on any atom is 0.379 e. The normalized spacial score (nSPS) is 9.85. The fourth-order valence-corrected chi connectivity index (χ4v) is 1.74. The fourth-order valence-electron chi connectivity index (χ4n) is 1.74. The predicted molar refractivity (Wildman–Crippen MR) is 72.7 cm³/mol. The van der Waals surface area contributed by atoms with Crippen LogP contribution in [0.2, 0.25) is 0 Å². The quantitative estimate of drug-likeness (QED) is 0.485. The molecule has 0 N–H and O–H groups in total. The Bertz CT molecular complexity index is 642. The number of Topliss-reactive ketones (excluding diaryl/α,β-unsaturated/α-hetero) is 1. The Kier molecular flexibility index (Phi) is 4.05. The Balaban J connectivity index is 2.23. The third-order valence-corrected chi connectivity index (χ3v) is 2.82. The number of carbonyl (C=O) groups excluding carboxylic acids is 3. The van der Waals surface area contributed by atoms with Crippen LogP contribution in [-0.4, -0.2) is 24.6 Å². The SMILES string of the molecule is COC(=O)C(=O)c1ccc(C(=O)c2ccccc2)cc1. The van der Waals surface area contributed by atoms with Crippen molar-refractivity contribution in [3.05, 3.63) is 71.3 Å². The van der Waals surface area contributed by atoms with Gasteiger partial charge in [0, 0.05) is 16.7 Å². The lowest BCUT2D eigenvalue weighted by molar-refractivity contribution is -0.135. The molecule has 0 heterocycles. The van der Waals surface area contributed by atoms with E-state index in [-0.39, 0.29) is 11.3 Å². The third-order valence-electron chi connectivity index (χ3n) is 2.82. The van der Waals surface area contributed by atoms with Gasteiger partial charge >= 0.3 is 5.97 Å². The molecule has 2 rings (SSSR count). The molecule has 20 heavy (non-hydrogen) atoms. The molecule has 0 bridgehead atoms. The molecule has 0 radical (unpaired) electrons. The van der Waals surface area contributed by atoms with Gasteiger partial charge in [0.2, 0.25) is 0 Å². The maximum atomic E-state index is 12.1. The second-order valence-electron chi connectivity index (χ2n) is 4.09. The standard InChI is InChI=1S/C16H12O4/c1-20-16(19)15(18)13-9-7-12(8-10-13)14(17)11-5-3-2-4-6-11/h2-10H,1H3. The van der Waals surface area contributed by atoms with Gasteiger partial charge in [-0.15, -0.1) is 0 Å². The van der Waals surface area contributed by atoms with Crippen LogP contribution in [0.3, 0.4) is 0 Å². The number of hydrogen-bond acceptors (Lipinski definition) is 4.